The lowest BCUT2D eigenvalue weighted by atomic mass is 10.1. The molecule has 0 fully saturated rings. The van der Waals surface area contributed by atoms with E-state index in [1.54, 1.807) is 18.2 Å². The van der Waals surface area contributed by atoms with E-state index < -0.39 is 11.9 Å². The first-order valence-corrected chi connectivity index (χ1v) is 9.61. The van der Waals surface area contributed by atoms with Gasteiger partial charge in [0.15, 0.2) is 11.5 Å². The molecule has 9 heteroatoms. The van der Waals surface area contributed by atoms with Crippen LogP contribution in [0.3, 0.4) is 0 Å². The number of carboxylic acid groups (broad SMARTS) is 1. The molecular formula is C22H17Cl2NO6. The predicted molar refractivity (Wildman–Crippen MR) is 117 cm³/mol. The van der Waals surface area contributed by atoms with Gasteiger partial charge < -0.3 is 24.6 Å². The topological polar surface area (TPSA) is 94.1 Å². The second-order valence-electron chi connectivity index (χ2n) is 6.22. The smallest absolute Gasteiger partial charge is 0.335 e. The van der Waals surface area contributed by atoms with E-state index in [0.717, 1.165) is 0 Å². The number of halogens is 2. The van der Waals surface area contributed by atoms with Crippen LogP contribution in [0.25, 0.3) is 0 Å². The quantitative estimate of drug-likeness (QED) is 0.464. The fourth-order valence-electron chi connectivity index (χ4n) is 2.66. The van der Waals surface area contributed by atoms with Gasteiger partial charge in [-0.25, -0.2) is 4.79 Å². The fourth-order valence-corrected chi connectivity index (χ4v) is 2.98. The summed E-state index contributed by atoms with van der Waals surface area (Å²) in [6.45, 7) is 0. The fraction of sp³-hybridized carbons (Fsp3) is 0.0909. The number of amides is 1. The second kappa shape index (κ2) is 9.59. The van der Waals surface area contributed by atoms with Crippen molar-refractivity contribution in [1.82, 2.24) is 0 Å². The molecule has 0 saturated carbocycles. The Morgan fingerprint density at radius 3 is 2.13 bits per heavy atom. The zero-order valence-corrected chi connectivity index (χ0v) is 18.0. The van der Waals surface area contributed by atoms with E-state index in [-0.39, 0.29) is 26.9 Å². The van der Waals surface area contributed by atoms with Crippen LogP contribution in [0.1, 0.15) is 20.7 Å². The maximum absolute atomic E-state index is 12.9. The average Bonchev–Trinajstić information content (AvgIpc) is 2.76. The molecule has 2 N–H and O–H groups in total. The molecular weight excluding hydrogens is 445 g/mol. The molecule has 0 bridgehead atoms. The van der Waals surface area contributed by atoms with Gasteiger partial charge in [0.05, 0.1) is 35.4 Å². The zero-order chi connectivity index (χ0) is 22.5. The van der Waals surface area contributed by atoms with Gasteiger partial charge in [0, 0.05) is 17.8 Å². The minimum Gasteiger partial charge on any atom is -0.497 e. The third-order valence-electron chi connectivity index (χ3n) is 4.25. The van der Waals surface area contributed by atoms with Crippen molar-refractivity contribution in [2.75, 3.05) is 19.5 Å². The third-order valence-corrected chi connectivity index (χ3v) is 4.97. The van der Waals surface area contributed by atoms with Crippen LogP contribution in [-0.2, 0) is 0 Å². The first kappa shape index (κ1) is 22.3. The molecule has 0 radical (unpaired) electrons. The lowest BCUT2D eigenvalue weighted by Gasteiger charge is -2.15. The molecule has 0 aliphatic carbocycles. The number of benzene rings is 3. The Balaban J connectivity index is 1.93. The molecule has 7 nitrogen and oxygen atoms in total. The Morgan fingerprint density at radius 1 is 0.839 bits per heavy atom. The molecule has 0 unspecified atom stereocenters. The van der Waals surface area contributed by atoms with Gasteiger partial charge in [0.25, 0.3) is 5.91 Å². The second-order valence-corrected chi connectivity index (χ2v) is 7.03. The van der Waals surface area contributed by atoms with Gasteiger partial charge in [-0.1, -0.05) is 23.2 Å². The van der Waals surface area contributed by atoms with Crippen molar-refractivity contribution >= 4 is 40.8 Å². The SMILES string of the molecule is COc1ccc(Oc2cc(Cl)c(Cl)cc2C(=O)Nc2ccc(C(=O)O)cc2)c(OC)c1. The predicted octanol–water partition coefficient (Wildman–Crippen LogP) is 5.75. The van der Waals surface area contributed by atoms with E-state index in [0.29, 0.717) is 22.9 Å². The van der Waals surface area contributed by atoms with Crippen LogP contribution in [-0.4, -0.2) is 31.2 Å². The molecule has 0 heterocycles. The Hall–Kier alpha value is -3.42. The van der Waals surface area contributed by atoms with Crippen LogP contribution in [0.2, 0.25) is 10.0 Å². The standard InChI is InChI=1S/C22H17Cl2NO6/c1-29-14-7-8-18(20(9-14)30-2)31-19-11-17(24)16(23)10-15(19)21(26)25-13-5-3-12(4-6-13)22(27)28/h3-11H,1-2H3,(H,25,26)(H,27,28). The molecule has 3 aromatic carbocycles. The number of anilines is 1. The summed E-state index contributed by atoms with van der Waals surface area (Å²) in [6, 6.07) is 13.5. The molecule has 0 saturated heterocycles. The van der Waals surface area contributed by atoms with Gasteiger partial charge in [-0.3, -0.25) is 4.79 Å². The minimum absolute atomic E-state index is 0.100. The van der Waals surface area contributed by atoms with Crippen molar-refractivity contribution in [1.29, 1.82) is 0 Å². The number of carbonyl (C=O) groups is 2. The van der Waals surface area contributed by atoms with E-state index in [4.69, 9.17) is 42.5 Å². The van der Waals surface area contributed by atoms with Crippen LogP contribution in [0.4, 0.5) is 5.69 Å². The van der Waals surface area contributed by atoms with Crippen LogP contribution in [0, 0.1) is 0 Å². The Kier molecular flexibility index (Phi) is 6.89. The zero-order valence-electron chi connectivity index (χ0n) is 16.4. The van der Waals surface area contributed by atoms with Crippen molar-refractivity contribution in [2.24, 2.45) is 0 Å². The van der Waals surface area contributed by atoms with Crippen molar-refractivity contribution < 1.29 is 28.9 Å². The highest BCUT2D eigenvalue weighted by atomic mass is 35.5. The number of hydrogen-bond acceptors (Lipinski definition) is 5. The normalized spacial score (nSPS) is 10.3. The number of nitrogens with one attached hydrogen (secondary N) is 1. The molecule has 1 amide bonds. The highest BCUT2D eigenvalue weighted by molar-refractivity contribution is 6.42. The van der Waals surface area contributed by atoms with Gasteiger partial charge in [0.1, 0.15) is 11.5 Å². The molecule has 0 aliphatic rings. The van der Waals surface area contributed by atoms with Crippen molar-refractivity contribution in [3.05, 3.63) is 75.8 Å². The van der Waals surface area contributed by atoms with Crippen LogP contribution < -0.4 is 19.5 Å². The van der Waals surface area contributed by atoms with E-state index in [1.165, 1.54) is 50.6 Å². The van der Waals surface area contributed by atoms with Crippen molar-refractivity contribution in [3.63, 3.8) is 0 Å². The summed E-state index contributed by atoms with van der Waals surface area (Å²) in [5, 5.41) is 12.0. The monoisotopic (exact) mass is 461 g/mol. The van der Waals surface area contributed by atoms with Gasteiger partial charge in [-0.2, -0.15) is 0 Å². The lowest BCUT2D eigenvalue weighted by molar-refractivity contribution is 0.0696. The van der Waals surface area contributed by atoms with Crippen LogP contribution >= 0.6 is 23.2 Å². The molecule has 0 aliphatic heterocycles. The van der Waals surface area contributed by atoms with Crippen molar-refractivity contribution in [3.8, 4) is 23.0 Å². The Bertz CT molecular complexity index is 1130. The summed E-state index contributed by atoms with van der Waals surface area (Å²) >= 11 is 12.3. The summed E-state index contributed by atoms with van der Waals surface area (Å²) < 4.78 is 16.4. The van der Waals surface area contributed by atoms with E-state index in [1.807, 2.05) is 0 Å². The van der Waals surface area contributed by atoms with Crippen LogP contribution in [0.15, 0.2) is 54.6 Å². The highest BCUT2D eigenvalue weighted by Gasteiger charge is 2.19. The number of rotatable bonds is 7. The van der Waals surface area contributed by atoms with Gasteiger partial charge >= 0.3 is 5.97 Å². The summed E-state index contributed by atoms with van der Waals surface area (Å²) in [6.07, 6.45) is 0. The summed E-state index contributed by atoms with van der Waals surface area (Å²) in [4.78, 5) is 23.9. The van der Waals surface area contributed by atoms with E-state index >= 15 is 0 Å². The van der Waals surface area contributed by atoms with Gasteiger partial charge in [-0.15, -0.1) is 0 Å². The van der Waals surface area contributed by atoms with E-state index in [2.05, 4.69) is 5.32 Å². The minimum atomic E-state index is -1.06. The molecule has 31 heavy (non-hydrogen) atoms. The molecule has 0 atom stereocenters. The Labute approximate surface area is 188 Å². The first-order valence-electron chi connectivity index (χ1n) is 8.86. The number of carboxylic acids is 1. The summed E-state index contributed by atoms with van der Waals surface area (Å²) in [5.41, 5.74) is 0.617. The molecule has 160 valence electrons. The third kappa shape index (κ3) is 5.20. The van der Waals surface area contributed by atoms with Crippen molar-refractivity contribution in [2.45, 2.75) is 0 Å². The first-order chi connectivity index (χ1) is 14.8. The van der Waals surface area contributed by atoms with Crippen LogP contribution in [0.5, 0.6) is 23.0 Å². The average molecular weight is 462 g/mol. The maximum atomic E-state index is 12.9. The highest BCUT2D eigenvalue weighted by Crippen LogP contribution is 2.38. The number of hydrogen-bond donors (Lipinski definition) is 2. The number of methoxy groups -OCH3 is 2. The number of carbonyl (C=O) groups excluding carboxylic acids is 1. The lowest BCUT2D eigenvalue weighted by Crippen LogP contribution is -2.13. The summed E-state index contributed by atoms with van der Waals surface area (Å²) in [5.74, 6) is -0.142. The number of ether oxygens (including phenoxy) is 3. The summed E-state index contributed by atoms with van der Waals surface area (Å²) in [7, 11) is 3.00. The van der Waals surface area contributed by atoms with E-state index in [9.17, 15) is 9.59 Å². The molecule has 0 spiro atoms. The van der Waals surface area contributed by atoms with Gasteiger partial charge in [0.2, 0.25) is 0 Å². The van der Waals surface area contributed by atoms with Gasteiger partial charge in [-0.05, 0) is 42.5 Å². The molecule has 3 rings (SSSR count). The maximum Gasteiger partial charge on any atom is 0.335 e. The largest absolute Gasteiger partial charge is 0.497 e. The number of aromatic carboxylic acids is 1. The molecule has 3 aromatic rings. The molecule has 0 aromatic heterocycles. The Morgan fingerprint density at radius 2 is 1.52 bits per heavy atom.